The maximum Gasteiger partial charge on any atom is 0.338 e. The summed E-state index contributed by atoms with van der Waals surface area (Å²) in [5.41, 5.74) is 4.13. The molecule has 33 heavy (non-hydrogen) atoms. The van der Waals surface area contributed by atoms with Gasteiger partial charge in [0, 0.05) is 5.92 Å². The number of carbonyl (C=O) groups is 1. The number of hydrogen-bond acceptors (Lipinski definition) is 4. The summed E-state index contributed by atoms with van der Waals surface area (Å²) in [7, 11) is 1.69. The Morgan fingerprint density at radius 3 is 2.27 bits per heavy atom. The lowest BCUT2D eigenvalue weighted by Gasteiger charge is -2.22. The quantitative estimate of drug-likeness (QED) is 0.350. The van der Waals surface area contributed by atoms with Crippen LogP contribution in [0.15, 0.2) is 72.8 Å². The largest absolute Gasteiger partial charge is 0.493 e. The summed E-state index contributed by atoms with van der Waals surface area (Å²) in [6.45, 7) is 2.18. The molecule has 172 valence electrons. The Morgan fingerprint density at radius 1 is 0.909 bits per heavy atom. The van der Waals surface area contributed by atoms with Crippen LogP contribution < -0.4 is 9.47 Å². The number of esters is 1. The van der Waals surface area contributed by atoms with Crippen molar-refractivity contribution in [2.24, 2.45) is 0 Å². The summed E-state index contributed by atoms with van der Waals surface area (Å²) >= 11 is 0. The zero-order valence-electron chi connectivity index (χ0n) is 19.5. The van der Waals surface area contributed by atoms with Gasteiger partial charge in [0.25, 0.3) is 0 Å². The van der Waals surface area contributed by atoms with E-state index in [0.29, 0.717) is 12.2 Å². The SMILES string of the molecule is CCOC(=O)c1ccc(C(Cc2ccccc2)c2ccc(OC)c(OC3CCCC3)c2)cc1. The minimum absolute atomic E-state index is 0.112. The second-order valence-electron chi connectivity index (χ2n) is 8.52. The molecule has 4 nitrogen and oxygen atoms in total. The van der Waals surface area contributed by atoms with Crippen LogP contribution in [0.25, 0.3) is 0 Å². The summed E-state index contributed by atoms with van der Waals surface area (Å²) in [6.07, 6.45) is 5.72. The van der Waals surface area contributed by atoms with Crippen LogP contribution in [0.4, 0.5) is 0 Å². The van der Waals surface area contributed by atoms with E-state index < -0.39 is 0 Å². The van der Waals surface area contributed by atoms with E-state index in [-0.39, 0.29) is 18.0 Å². The van der Waals surface area contributed by atoms with Gasteiger partial charge in [-0.1, -0.05) is 48.5 Å². The van der Waals surface area contributed by atoms with Gasteiger partial charge < -0.3 is 14.2 Å². The smallest absolute Gasteiger partial charge is 0.338 e. The van der Waals surface area contributed by atoms with Gasteiger partial charge in [0.15, 0.2) is 11.5 Å². The summed E-state index contributed by atoms with van der Waals surface area (Å²) in [5, 5.41) is 0. The van der Waals surface area contributed by atoms with Gasteiger partial charge in [-0.3, -0.25) is 0 Å². The maximum absolute atomic E-state index is 12.1. The van der Waals surface area contributed by atoms with E-state index in [9.17, 15) is 4.79 Å². The molecule has 0 saturated heterocycles. The van der Waals surface area contributed by atoms with Gasteiger partial charge in [0.05, 0.1) is 25.4 Å². The van der Waals surface area contributed by atoms with Crippen molar-refractivity contribution < 1.29 is 19.0 Å². The van der Waals surface area contributed by atoms with Crippen LogP contribution in [-0.2, 0) is 11.2 Å². The third kappa shape index (κ3) is 5.75. The molecule has 1 atom stereocenters. The number of hydrogen-bond donors (Lipinski definition) is 0. The van der Waals surface area contributed by atoms with Crippen molar-refractivity contribution in [3.8, 4) is 11.5 Å². The van der Waals surface area contributed by atoms with E-state index >= 15 is 0 Å². The van der Waals surface area contributed by atoms with Crippen molar-refractivity contribution in [2.45, 2.75) is 51.0 Å². The van der Waals surface area contributed by atoms with Crippen molar-refractivity contribution in [3.05, 3.63) is 95.1 Å². The standard InChI is InChI=1S/C29H32O4/c1-3-32-29(30)23-15-13-22(14-16-23)26(19-21-9-5-4-6-10-21)24-17-18-27(31-2)28(20-24)33-25-11-7-8-12-25/h4-6,9-10,13-18,20,25-26H,3,7-8,11-12,19H2,1-2H3. The third-order valence-electron chi connectivity index (χ3n) is 6.29. The lowest BCUT2D eigenvalue weighted by atomic mass is 9.85. The summed E-state index contributed by atoms with van der Waals surface area (Å²) in [5.74, 6) is 1.39. The molecular weight excluding hydrogens is 412 g/mol. The molecule has 3 aromatic carbocycles. The molecular formula is C29H32O4. The minimum atomic E-state index is -0.291. The molecule has 0 heterocycles. The van der Waals surface area contributed by atoms with Crippen molar-refractivity contribution in [1.29, 1.82) is 0 Å². The number of rotatable bonds is 9. The lowest BCUT2D eigenvalue weighted by Crippen LogP contribution is -2.13. The molecule has 1 saturated carbocycles. The number of methoxy groups -OCH3 is 1. The fourth-order valence-electron chi connectivity index (χ4n) is 4.53. The Balaban J connectivity index is 1.68. The van der Waals surface area contributed by atoms with Gasteiger partial charge in [0.1, 0.15) is 0 Å². The molecule has 0 aromatic heterocycles. The Hall–Kier alpha value is -3.27. The fraction of sp³-hybridized carbons (Fsp3) is 0.345. The molecule has 4 heteroatoms. The topological polar surface area (TPSA) is 44.8 Å². The molecule has 1 aliphatic rings. The van der Waals surface area contributed by atoms with Crippen LogP contribution in [0.3, 0.4) is 0 Å². The second-order valence-corrected chi connectivity index (χ2v) is 8.52. The summed E-state index contributed by atoms with van der Waals surface area (Å²) in [6, 6.07) is 24.5. The first-order valence-corrected chi connectivity index (χ1v) is 11.8. The van der Waals surface area contributed by atoms with E-state index in [2.05, 4.69) is 36.4 Å². The van der Waals surface area contributed by atoms with Crippen molar-refractivity contribution >= 4 is 5.97 Å². The Labute approximate surface area is 196 Å². The molecule has 0 spiro atoms. The predicted octanol–water partition coefficient (Wildman–Crippen LogP) is 6.57. The Kier molecular flexibility index (Phi) is 7.66. The first-order valence-electron chi connectivity index (χ1n) is 11.8. The average molecular weight is 445 g/mol. The van der Waals surface area contributed by atoms with E-state index in [4.69, 9.17) is 14.2 Å². The number of benzene rings is 3. The summed E-state index contributed by atoms with van der Waals surface area (Å²) in [4.78, 5) is 12.1. The van der Waals surface area contributed by atoms with Crippen LogP contribution in [0.2, 0.25) is 0 Å². The number of carbonyl (C=O) groups excluding carboxylic acids is 1. The predicted molar refractivity (Wildman–Crippen MR) is 130 cm³/mol. The molecule has 0 bridgehead atoms. The molecule has 3 aromatic rings. The van der Waals surface area contributed by atoms with Gasteiger partial charge >= 0.3 is 5.97 Å². The Bertz CT molecular complexity index is 1040. The molecule has 0 radical (unpaired) electrons. The molecule has 1 aliphatic carbocycles. The average Bonchev–Trinajstić information content (AvgIpc) is 3.37. The summed E-state index contributed by atoms with van der Waals surface area (Å²) < 4.78 is 17.1. The first-order chi connectivity index (χ1) is 16.2. The van der Waals surface area contributed by atoms with Gasteiger partial charge in [0.2, 0.25) is 0 Å². The molecule has 0 aliphatic heterocycles. The van der Waals surface area contributed by atoms with E-state index in [1.165, 1.54) is 18.4 Å². The van der Waals surface area contributed by atoms with Gasteiger partial charge in [-0.15, -0.1) is 0 Å². The first kappa shape index (κ1) is 22.9. The monoisotopic (exact) mass is 444 g/mol. The highest BCUT2D eigenvalue weighted by Crippen LogP contribution is 2.37. The number of ether oxygens (including phenoxy) is 3. The third-order valence-corrected chi connectivity index (χ3v) is 6.29. The highest BCUT2D eigenvalue weighted by atomic mass is 16.5. The van der Waals surface area contributed by atoms with Crippen LogP contribution >= 0.6 is 0 Å². The van der Waals surface area contributed by atoms with E-state index in [1.54, 1.807) is 7.11 Å². The molecule has 4 rings (SSSR count). The second kappa shape index (κ2) is 11.0. The normalized spacial score (nSPS) is 14.6. The van der Waals surface area contributed by atoms with Crippen LogP contribution in [0.1, 0.15) is 65.6 Å². The zero-order chi connectivity index (χ0) is 23.0. The zero-order valence-corrected chi connectivity index (χ0v) is 19.5. The molecule has 1 unspecified atom stereocenters. The van der Waals surface area contributed by atoms with Gasteiger partial charge in [-0.2, -0.15) is 0 Å². The van der Waals surface area contributed by atoms with Crippen molar-refractivity contribution in [2.75, 3.05) is 13.7 Å². The highest BCUT2D eigenvalue weighted by Gasteiger charge is 2.22. The molecule has 0 amide bonds. The van der Waals surface area contributed by atoms with Crippen LogP contribution in [-0.4, -0.2) is 25.8 Å². The van der Waals surface area contributed by atoms with Crippen LogP contribution in [0, 0.1) is 0 Å². The minimum Gasteiger partial charge on any atom is -0.493 e. The molecule has 1 fully saturated rings. The van der Waals surface area contributed by atoms with Gasteiger partial charge in [-0.05, 0) is 80.0 Å². The Morgan fingerprint density at radius 2 is 1.61 bits per heavy atom. The maximum atomic E-state index is 12.1. The van der Waals surface area contributed by atoms with E-state index in [1.807, 2.05) is 43.3 Å². The van der Waals surface area contributed by atoms with Gasteiger partial charge in [-0.25, -0.2) is 4.79 Å². The van der Waals surface area contributed by atoms with Crippen molar-refractivity contribution in [1.82, 2.24) is 0 Å². The van der Waals surface area contributed by atoms with Crippen LogP contribution in [0.5, 0.6) is 11.5 Å². The van der Waals surface area contributed by atoms with Crippen molar-refractivity contribution in [3.63, 3.8) is 0 Å². The fourth-order valence-corrected chi connectivity index (χ4v) is 4.53. The highest BCUT2D eigenvalue weighted by molar-refractivity contribution is 5.89. The molecule has 0 N–H and O–H groups in total. The lowest BCUT2D eigenvalue weighted by molar-refractivity contribution is 0.0526. The van der Waals surface area contributed by atoms with E-state index in [0.717, 1.165) is 41.9 Å².